The van der Waals surface area contributed by atoms with Crippen molar-refractivity contribution in [2.45, 2.75) is 148 Å². The van der Waals surface area contributed by atoms with Crippen LogP contribution in [0, 0.1) is 17.8 Å². The summed E-state index contributed by atoms with van der Waals surface area (Å²) in [6.45, 7) is 10.0. The van der Waals surface area contributed by atoms with Crippen LogP contribution in [0.3, 0.4) is 0 Å². The van der Waals surface area contributed by atoms with Gasteiger partial charge in [0.15, 0.2) is 0 Å². The third kappa shape index (κ3) is 18.7. The normalized spacial score (nSPS) is 19.8. The van der Waals surface area contributed by atoms with Gasteiger partial charge in [-0.15, -0.1) is 0 Å². The summed E-state index contributed by atoms with van der Waals surface area (Å²) in [6.07, 6.45) is 4.69. The zero-order valence-corrected chi connectivity index (χ0v) is 39.5. The molecule has 1 aromatic rings. The fourth-order valence-corrected chi connectivity index (χ4v) is 6.99. The molecule has 0 saturated carbocycles. The molecular weight excluding hydrogens is 859 g/mol. The van der Waals surface area contributed by atoms with Crippen LogP contribution in [0.25, 0.3) is 0 Å². The van der Waals surface area contributed by atoms with Crippen molar-refractivity contribution in [2.75, 3.05) is 26.9 Å². The number of aliphatic hydroxyl groups excluding tert-OH is 3. The van der Waals surface area contributed by atoms with Gasteiger partial charge in [0.25, 0.3) is 0 Å². The van der Waals surface area contributed by atoms with Crippen molar-refractivity contribution in [3.63, 3.8) is 0 Å². The monoisotopic (exact) mass is 932 g/mol. The summed E-state index contributed by atoms with van der Waals surface area (Å²) in [5, 5.41) is 56.1. The summed E-state index contributed by atoms with van der Waals surface area (Å²) in [5.41, 5.74) is 0.604. The molecule has 8 atom stereocenters. The molecule has 0 saturated heterocycles. The number of nitrogens with one attached hydrogen (secondary N) is 6. The van der Waals surface area contributed by atoms with Crippen molar-refractivity contribution in [3.8, 4) is 5.75 Å². The summed E-state index contributed by atoms with van der Waals surface area (Å²) in [7, 11) is 1.42. The Morgan fingerprint density at radius 1 is 0.803 bits per heavy atom. The molecule has 0 bridgehead atoms. The summed E-state index contributed by atoms with van der Waals surface area (Å²) in [4.78, 5) is 107. The number of unbranched alkanes of at least 4 members (excludes halogenated alkanes) is 4. The first-order chi connectivity index (χ1) is 31.1. The first-order valence-corrected chi connectivity index (χ1v) is 22.7. The van der Waals surface area contributed by atoms with E-state index >= 15 is 0 Å². The quantitative estimate of drug-likeness (QED) is 0.0477. The van der Waals surface area contributed by atoms with E-state index in [1.807, 2.05) is 0 Å². The highest BCUT2D eigenvalue weighted by atomic mass is 16.5. The number of hydrogen-bond acceptors (Lipinski definition) is 13. The van der Waals surface area contributed by atoms with Gasteiger partial charge in [-0.2, -0.15) is 0 Å². The average Bonchev–Trinajstić information content (AvgIpc) is 3.26. The Morgan fingerprint density at radius 2 is 1.42 bits per heavy atom. The smallest absolute Gasteiger partial charge is 0.329 e. The number of benzene rings is 1. The van der Waals surface area contributed by atoms with Gasteiger partial charge in [-0.05, 0) is 41.9 Å². The number of carbonyl (C=O) groups is 8. The van der Waals surface area contributed by atoms with Crippen LogP contribution in [0.1, 0.15) is 99.0 Å². The van der Waals surface area contributed by atoms with Crippen LogP contribution in [0.15, 0.2) is 36.4 Å². The predicted octanol–water partition coefficient (Wildman–Crippen LogP) is -0.152. The molecule has 0 unspecified atom stereocenters. The molecule has 0 fully saturated rings. The number of hydrogen-bond donors (Lipinski definition) is 10. The average molecular weight is 932 g/mol. The molecule has 1 aliphatic rings. The van der Waals surface area contributed by atoms with Crippen molar-refractivity contribution < 1.29 is 63.5 Å². The van der Waals surface area contributed by atoms with E-state index in [4.69, 9.17) is 4.74 Å². The van der Waals surface area contributed by atoms with Gasteiger partial charge < -0.3 is 62.0 Å². The lowest BCUT2D eigenvalue weighted by Gasteiger charge is -2.32. The second-order valence-electron chi connectivity index (χ2n) is 17.7. The van der Waals surface area contributed by atoms with E-state index in [1.54, 1.807) is 53.7 Å². The van der Waals surface area contributed by atoms with Gasteiger partial charge in [-0.1, -0.05) is 92.4 Å². The van der Waals surface area contributed by atoms with Gasteiger partial charge in [-0.3, -0.25) is 33.6 Å². The number of cyclic esters (lactones) is 1. The minimum absolute atomic E-state index is 0.00130. The first-order valence-electron chi connectivity index (χ1n) is 22.7. The van der Waals surface area contributed by atoms with Crippen LogP contribution in [-0.2, 0) is 49.5 Å². The van der Waals surface area contributed by atoms with E-state index in [0.29, 0.717) is 12.0 Å². The van der Waals surface area contributed by atoms with E-state index in [-0.39, 0.29) is 24.5 Å². The Labute approximate surface area is 387 Å². The van der Waals surface area contributed by atoms with Gasteiger partial charge in [0, 0.05) is 26.0 Å². The van der Waals surface area contributed by atoms with Crippen LogP contribution >= 0.6 is 0 Å². The maximum Gasteiger partial charge on any atom is 0.329 e. The first kappa shape index (κ1) is 56.5. The van der Waals surface area contributed by atoms with Crippen molar-refractivity contribution >= 4 is 47.3 Å². The van der Waals surface area contributed by atoms with E-state index in [0.717, 1.165) is 31.8 Å². The topological polar surface area (TPSA) is 302 Å². The zero-order valence-electron chi connectivity index (χ0n) is 39.5. The summed E-state index contributed by atoms with van der Waals surface area (Å²) < 4.78 is 5.63. The molecule has 0 spiro atoms. The number of ether oxygens (including phenoxy) is 1. The molecule has 0 aliphatic carbocycles. The summed E-state index contributed by atoms with van der Waals surface area (Å²) in [5.74, 6) is -7.11. The minimum atomic E-state index is -1.68. The fourth-order valence-electron chi connectivity index (χ4n) is 6.99. The lowest BCUT2D eigenvalue weighted by Crippen LogP contribution is -2.59. The molecule has 2 rings (SSSR count). The maximum absolute atomic E-state index is 13.7. The molecule has 1 aromatic carbocycles. The second-order valence-corrected chi connectivity index (χ2v) is 17.7. The third-order valence-corrected chi connectivity index (χ3v) is 11.1. The van der Waals surface area contributed by atoms with Crippen LogP contribution in [0.5, 0.6) is 5.75 Å². The largest absolute Gasteiger partial charge is 0.508 e. The number of phenolic OH excluding ortho intramolecular Hbond substituents is 1. The molecule has 0 aromatic heterocycles. The Bertz CT molecular complexity index is 1810. The molecule has 66 heavy (non-hydrogen) atoms. The lowest BCUT2D eigenvalue weighted by molar-refractivity contribution is -0.156. The summed E-state index contributed by atoms with van der Waals surface area (Å²) in [6, 6.07) is -2.45. The molecule has 370 valence electrons. The number of phenols is 1. The zero-order chi connectivity index (χ0) is 49.7. The number of rotatable bonds is 24. The highest BCUT2D eigenvalue weighted by molar-refractivity contribution is 5.95. The third-order valence-electron chi connectivity index (χ3n) is 11.1. The fraction of sp³-hybridized carbons (Fsp3) is 0.652. The number of carbonyl (C=O) groups excluding carboxylic acids is 8. The SMILES string of the molecule is CCCCCCCC(=O)N[C@@H](CO)C(=O)N[C@H](C(=O)N[C@@H](CO)[C@@H](O)CC(=O)N[C@H](C(=O)N[C@@H]1/C=C/C(=O)N[C@@H](C(C)C)C(=O)N(C)[C@@H](Cc2ccc(O)cc2)C(=O)OC1)C(C)C)C(C)C. The molecule has 1 aliphatic heterocycles. The van der Waals surface area contributed by atoms with Crippen LogP contribution < -0.4 is 31.9 Å². The standard InChI is InChI=1S/C46H73N7O13/c1-9-10-11-12-13-14-36(58)48-33(24-55)42(61)52-40(27(4)5)44(63)49-32(23-54)35(57)22-38(60)51-39(26(2)3)43(62)47-30-17-20-37(59)50-41(28(6)7)45(64)53(8)34(46(65)66-25-30)21-29-15-18-31(56)19-16-29/h15-20,26-28,30,32-35,39-41,54-57H,9-14,21-25H2,1-8H3,(H,47,62)(H,48,58)(H,49,63)(H,50,59)(H,51,60)(H,52,61)/b20-17+/t30-,32+,33+,34+,35+,39+,40+,41+/m1/s1. The van der Waals surface area contributed by atoms with Gasteiger partial charge in [-0.25, -0.2) is 4.79 Å². The number of likely N-dealkylation sites (N-methyl/N-ethyl adjacent to an activating group) is 1. The highest BCUT2D eigenvalue weighted by Gasteiger charge is 2.37. The van der Waals surface area contributed by atoms with Gasteiger partial charge in [0.2, 0.25) is 41.4 Å². The van der Waals surface area contributed by atoms with Crippen molar-refractivity contribution in [3.05, 3.63) is 42.0 Å². The Hall–Kier alpha value is -5.60. The maximum atomic E-state index is 13.7. The molecule has 0 radical (unpaired) electrons. The van der Waals surface area contributed by atoms with E-state index in [2.05, 4.69) is 38.8 Å². The van der Waals surface area contributed by atoms with Gasteiger partial charge in [0.05, 0.1) is 37.8 Å². The Kier molecular flexibility index (Phi) is 24.4. The van der Waals surface area contributed by atoms with Crippen molar-refractivity contribution in [1.29, 1.82) is 0 Å². The Morgan fingerprint density at radius 3 is 2.00 bits per heavy atom. The predicted molar refractivity (Wildman–Crippen MR) is 243 cm³/mol. The van der Waals surface area contributed by atoms with E-state index < -0.39 is 134 Å². The Balaban J connectivity index is 2.16. The second kappa shape index (κ2) is 28.4. The van der Waals surface area contributed by atoms with Crippen molar-refractivity contribution in [2.24, 2.45) is 17.8 Å². The molecule has 10 N–H and O–H groups in total. The van der Waals surface area contributed by atoms with Crippen LogP contribution in [0.4, 0.5) is 0 Å². The van der Waals surface area contributed by atoms with Crippen molar-refractivity contribution in [1.82, 2.24) is 36.8 Å². The van der Waals surface area contributed by atoms with E-state index in [9.17, 15) is 58.8 Å². The summed E-state index contributed by atoms with van der Waals surface area (Å²) >= 11 is 0. The number of nitrogens with zero attached hydrogens (tertiary/aromatic N) is 1. The van der Waals surface area contributed by atoms with Gasteiger partial charge >= 0.3 is 5.97 Å². The van der Waals surface area contributed by atoms with Crippen LogP contribution in [-0.4, -0.2) is 148 Å². The van der Waals surface area contributed by atoms with Gasteiger partial charge in [0.1, 0.15) is 42.6 Å². The number of esters is 1. The number of amides is 7. The molecule has 7 amide bonds. The molecular formula is C46H73N7O13. The van der Waals surface area contributed by atoms with Crippen LogP contribution in [0.2, 0.25) is 0 Å². The number of aromatic hydroxyl groups is 1. The molecule has 20 heteroatoms. The number of aliphatic hydroxyl groups is 3. The molecule has 20 nitrogen and oxygen atoms in total. The molecule has 1 heterocycles. The van der Waals surface area contributed by atoms with E-state index in [1.165, 1.54) is 30.2 Å². The minimum Gasteiger partial charge on any atom is -0.508 e. The highest BCUT2D eigenvalue weighted by Crippen LogP contribution is 2.18. The lowest BCUT2D eigenvalue weighted by atomic mass is 9.99.